The molecular formula is C18H14FN3O2. The fourth-order valence-electron chi connectivity index (χ4n) is 3.10. The fraction of sp³-hybridized carbons (Fsp3) is 0.167. The number of halogens is 1. The molecule has 1 amide bonds. The Hall–Kier alpha value is -3.02. The summed E-state index contributed by atoms with van der Waals surface area (Å²) in [7, 11) is 0. The summed E-state index contributed by atoms with van der Waals surface area (Å²) in [6.45, 7) is 0. The molecule has 6 heteroatoms. The van der Waals surface area contributed by atoms with Crippen LogP contribution in [0.3, 0.4) is 0 Å². The Morgan fingerprint density at radius 1 is 1.17 bits per heavy atom. The van der Waals surface area contributed by atoms with Crippen LogP contribution in [0.15, 0.2) is 53.6 Å². The van der Waals surface area contributed by atoms with Crippen LogP contribution in [0.1, 0.15) is 18.0 Å². The summed E-state index contributed by atoms with van der Waals surface area (Å²) in [5.74, 6) is -0.694. The average molecular weight is 323 g/mol. The summed E-state index contributed by atoms with van der Waals surface area (Å²) in [5, 5.41) is 3.17. The maximum absolute atomic E-state index is 13.3. The molecule has 0 fully saturated rings. The van der Waals surface area contributed by atoms with Gasteiger partial charge in [0.2, 0.25) is 5.91 Å². The molecule has 0 saturated heterocycles. The van der Waals surface area contributed by atoms with Crippen molar-refractivity contribution in [1.82, 2.24) is 9.55 Å². The van der Waals surface area contributed by atoms with Gasteiger partial charge in [-0.1, -0.05) is 18.2 Å². The molecule has 0 bridgehead atoms. The minimum absolute atomic E-state index is 0.245. The summed E-state index contributed by atoms with van der Waals surface area (Å²) in [5.41, 5.74) is 1.76. The molecule has 120 valence electrons. The molecule has 2 heterocycles. The van der Waals surface area contributed by atoms with Gasteiger partial charge in [0.15, 0.2) is 0 Å². The molecule has 1 aromatic heterocycles. The highest BCUT2D eigenvalue weighted by Crippen LogP contribution is 2.26. The monoisotopic (exact) mass is 323 g/mol. The van der Waals surface area contributed by atoms with Crippen molar-refractivity contribution >= 4 is 22.5 Å². The zero-order valence-corrected chi connectivity index (χ0v) is 12.7. The van der Waals surface area contributed by atoms with Crippen LogP contribution in [0.5, 0.6) is 0 Å². The number of hydrogen-bond acceptors (Lipinski definition) is 3. The third-order valence-corrected chi connectivity index (χ3v) is 4.35. The number of aryl methyl sites for hydroxylation is 1. The molecule has 1 N–H and O–H groups in total. The Labute approximate surface area is 136 Å². The molecule has 0 aliphatic carbocycles. The van der Waals surface area contributed by atoms with Crippen LogP contribution in [0, 0.1) is 5.82 Å². The first-order valence-electron chi connectivity index (χ1n) is 7.68. The van der Waals surface area contributed by atoms with Crippen LogP contribution in [-0.2, 0) is 11.2 Å². The van der Waals surface area contributed by atoms with Gasteiger partial charge in [0.05, 0.1) is 17.2 Å². The number of fused-ring (bicyclic) bond motifs is 2. The van der Waals surface area contributed by atoms with Crippen LogP contribution in [0.2, 0.25) is 0 Å². The molecule has 0 radical (unpaired) electrons. The molecule has 4 rings (SSSR count). The second kappa shape index (κ2) is 5.56. The van der Waals surface area contributed by atoms with Gasteiger partial charge in [0, 0.05) is 11.8 Å². The van der Waals surface area contributed by atoms with Crippen molar-refractivity contribution in [1.29, 1.82) is 0 Å². The minimum Gasteiger partial charge on any atom is -0.324 e. The smallest absolute Gasteiger partial charge is 0.261 e. The van der Waals surface area contributed by atoms with E-state index in [0.717, 1.165) is 11.3 Å². The molecule has 1 atom stereocenters. The number of nitrogens with one attached hydrogen (secondary N) is 1. The third-order valence-electron chi connectivity index (χ3n) is 4.35. The summed E-state index contributed by atoms with van der Waals surface area (Å²) < 4.78 is 14.6. The first kappa shape index (κ1) is 14.6. The van der Waals surface area contributed by atoms with Crippen LogP contribution in [-0.4, -0.2) is 15.5 Å². The van der Waals surface area contributed by atoms with E-state index in [0.29, 0.717) is 18.2 Å². The number of carbonyl (C=O) groups excluding carboxylic acids is 1. The second-order valence-corrected chi connectivity index (χ2v) is 5.82. The fourth-order valence-corrected chi connectivity index (χ4v) is 3.10. The zero-order chi connectivity index (χ0) is 16.7. The topological polar surface area (TPSA) is 64.0 Å². The number of anilines is 1. The Kier molecular flexibility index (Phi) is 3.37. The van der Waals surface area contributed by atoms with E-state index in [4.69, 9.17) is 0 Å². The molecule has 5 nitrogen and oxygen atoms in total. The van der Waals surface area contributed by atoms with E-state index in [1.165, 1.54) is 29.1 Å². The van der Waals surface area contributed by atoms with E-state index in [9.17, 15) is 14.0 Å². The Morgan fingerprint density at radius 3 is 2.88 bits per heavy atom. The number of amides is 1. The van der Waals surface area contributed by atoms with Crippen molar-refractivity contribution in [3.63, 3.8) is 0 Å². The summed E-state index contributed by atoms with van der Waals surface area (Å²) in [6, 6.07) is 10.8. The predicted octanol–water partition coefficient (Wildman–Crippen LogP) is 2.66. The molecule has 1 aliphatic rings. The Morgan fingerprint density at radius 2 is 2.00 bits per heavy atom. The summed E-state index contributed by atoms with van der Waals surface area (Å²) in [4.78, 5) is 29.4. The van der Waals surface area contributed by atoms with Gasteiger partial charge in [-0.05, 0) is 36.6 Å². The van der Waals surface area contributed by atoms with Gasteiger partial charge in [-0.2, -0.15) is 0 Å². The lowest BCUT2D eigenvalue weighted by atomic mass is 10.1. The van der Waals surface area contributed by atoms with Gasteiger partial charge in [-0.3, -0.25) is 14.2 Å². The molecule has 24 heavy (non-hydrogen) atoms. The number of carbonyl (C=O) groups is 1. The van der Waals surface area contributed by atoms with Crippen LogP contribution >= 0.6 is 0 Å². The van der Waals surface area contributed by atoms with E-state index in [-0.39, 0.29) is 17.0 Å². The molecule has 0 spiro atoms. The maximum atomic E-state index is 13.3. The molecular weight excluding hydrogens is 309 g/mol. The number of para-hydroxylation sites is 1. The van der Waals surface area contributed by atoms with Crippen molar-refractivity contribution in [2.24, 2.45) is 0 Å². The standard InChI is InChI=1S/C18H14FN3O2/c19-12-6-7-13-15(9-12)20-10-22(18(13)24)16-8-5-11-3-1-2-4-14(11)21-17(16)23/h1-4,6-7,9-10,16H,5,8H2,(H,21,23)/t16-/m0/s1. The number of nitrogens with zero attached hydrogens (tertiary/aromatic N) is 2. The van der Waals surface area contributed by atoms with Gasteiger partial charge >= 0.3 is 0 Å². The number of benzene rings is 2. The van der Waals surface area contributed by atoms with E-state index in [1.807, 2.05) is 24.3 Å². The highest BCUT2D eigenvalue weighted by atomic mass is 19.1. The number of rotatable bonds is 1. The van der Waals surface area contributed by atoms with Gasteiger partial charge < -0.3 is 5.32 Å². The van der Waals surface area contributed by atoms with Crippen LogP contribution in [0.4, 0.5) is 10.1 Å². The van der Waals surface area contributed by atoms with E-state index < -0.39 is 11.9 Å². The molecule has 2 aromatic carbocycles. The van der Waals surface area contributed by atoms with Gasteiger partial charge in [-0.25, -0.2) is 9.37 Å². The largest absolute Gasteiger partial charge is 0.324 e. The maximum Gasteiger partial charge on any atom is 0.261 e. The van der Waals surface area contributed by atoms with Crippen molar-refractivity contribution in [3.8, 4) is 0 Å². The first-order chi connectivity index (χ1) is 11.6. The Bertz CT molecular complexity index is 1010. The van der Waals surface area contributed by atoms with E-state index in [2.05, 4.69) is 10.3 Å². The van der Waals surface area contributed by atoms with E-state index in [1.54, 1.807) is 0 Å². The van der Waals surface area contributed by atoms with Crippen molar-refractivity contribution < 1.29 is 9.18 Å². The van der Waals surface area contributed by atoms with Gasteiger partial charge in [0.1, 0.15) is 11.9 Å². The number of hydrogen-bond donors (Lipinski definition) is 1. The first-order valence-corrected chi connectivity index (χ1v) is 7.68. The lowest BCUT2D eigenvalue weighted by Crippen LogP contribution is -2.33. The average Bonchev–Trinajstić information content (AvgIpc) is 2.74. The quantitative estimate of drug-likeness (QED) is 0.749. The highest BCUT2D eigenvalue weighted by molar-refractivity contribution is 5.95. The van der Waals surface area contributed by atoms with Crippen LogP contribution in [0.25, 0.3) is 10.9 Å². The molecule has 3 aromatic rings. The molecule has 1 aliphatic heterocycles. The van der Waals surface area contributed by atoms with Gasteiger partial charge in [0.25, 0.3) is 5.56 Å². The molecule has 0 unspecified atom stereocenters. The van der Waals surface area contributed by atoms with Crippen molar-refractivity contribution in [2.75, 3.05) is 5.32 Å². The second-order valence-electron chi connectivity index (χ2n) is 5.82. The summed E-state index contributed by atoms with van der Waals surface area (Å²) >= 11 is 0. The minimum atomic E-state index is -0.646. The van der Waals surface area contributed by atoms with E-state index >= 15 is 0 Å². The normalized spacial score (nSPS) is 17.2. The lowest BCUT2D eigenvalue weighted by molar-refractivity contribution is -0.119. The van der Waals surface area contributed by atoms with Gasteiger partial charge in [-0.15, -0.1) is 0 Å². The van der Waals surface area contributed by atoms with Crippen LogP contribution < -0.4 is 10.9 Å². The zero-order valence-electron chi connectivity index (χ0n) is 12.7. The third kappa shape index (κ3) is 2.36. The lowest BCUT2D eigenvalue weighted by Gasteiger charge is -2.16. The molecule has 0 saturated carbocycles. The van der Waals surface area contributed by atoms with Crippen molar-refractivity contribution in [2.45, 2.75) is 18.9 Å². The van der Waals surface area contributed by atoms with Crippen molar-refractivity contribution in [3.05, 3.63) is 70.5 Å². The predicted molar refractivity (Wildman–Crippen MR) is 88.4 cm³/mol. The highest BCUT2D eigenvalue weighted by Gasteiger charge is 2.26. The summed E-state index contributed by atoms with van der Waals surface area (Å²) in [6.07, 6.45) is 2.49. The number of aromatic nitrogens is 2. The Balaban J connectivity index is 1.78. The SMILES string of the molecule is O=C1Nc2ccccc2CC[C@@H]1n1cnc2cc(F)ccc2c1=O.